The molecule has 1 saturated heterocycles. The van der Waals surface area contributed by atoms with Crippen LogP contribution in [0.25, 0.3) is 0 Å². The molecule has 0 atom stereocenters. The van der Waals surface area contributed by atoms with Gasteiger partial charge in [0.1, 0.15) is 6.54 Å². The maximum Gasteiger partial charge on any atom is 0.319 e. The SMILES string of the molecule is COCCN1CN(C(=O)NCc2ccc(SC)cc2)CC1=O. The Kier molecular flexibility index (Phi) is 6.09. The number of urea groups is 1. The normalized spacial score (nSPS) is 14.5. The Morgan fingerprint density at radius 1 is 1.36 bits per heavy atom. The number of hydrogen-bond donors (Lipinski definition) is 1. The Morgan fingerprint density at radius 3 is 2.73 bits per heavy atom. The average molecular weight is 323 g/mol. The molecule has 1 fully saturated rings. The third-order valence-electron chi connectivity index (χ3n) is 3.48. The number of carbonyl (C=O) groups is 2. The summed E-state index contributed by atoms with van der Waals surface area (Å²) in [6.45, 7) is 1.88. The summed E-state index contributed by atoms with van der Waals surface area (Å²) in [5, 5.41) is 2.85. The summed E-state index contributed by atoms with van der Waals surface area (Å²) in [6, 6.07) is 7.82. The van der Waals surface area contributed by atoms with Crippen LogP contribution in [0.2, 0.25) is 0 Å². The van der Waals surface area contributed by atoms with E-state index in [0.717, 1.165) is 5.56 Å². The van der Waals surface area contributed by atoms with Crippen molar-refractivity contribution in [3.63, 3.8) is 0 Å². The Morgan fingerprint density at radius 2 is 2.09 bits per heavy atom. The molecule has 6 nitrogen and oxygen atoms in total. The number of amides is 3. The van der Waals surface area contributed by atoms with Crippen LogP contribution in [-0.2, 0) is 16.1 Å². The maximum atomic E-state index is 12.1. The third kappa shape index (κ3) is 4.38. The van der Waals surface area contributed by atoms with E-state index < -0.39 is 0 Å². The Balaban J connectivity index is 1.81. The number of rotatable bonds is 6. The van der Waals surface area contributed by atoms with E-state index in [1.54, 1.807) is 23.8 Å². The summed E-state index contributed by atoms with van der Waals surface area (Å²) in [5.74, 6) is -0.0449. The minimum Gasteiger partial charge on any atom is -0.383 e. The third-order valence-corrected chi connectivity index (χ3v) is 4.22. The van der Waals surface area contributed by atoms with Crippen LogP contribution in [0.1, 0.15) is 5.56 Å². The summed E-state index contributed by atoms with van der Waals surface area (Å²) in [7, 11) is 1.59. The molecule has 0 bridgehead atoms. The van der Waals surface area contributed by atoms with E-state index in [4.69, 9.17) is 4.74 Å². The fraction of sp³-hybridized carbons (Fsp3) is 0.467. The first-order valence-electron chi connectivity index (χ1n) is 7.06. The lowest BCUT2D eigenvalue weighted by molar-refractivity contribution is -0.127. The van der Waals surface area contributed by atoms with Crippen LogP contribution in [0, 0.1) is 0 Å². The zero-order valence-electron chi connectivity index (χ0n) is 12.9. The lowest BCUT2D eigenvalue weighted by Crippen LogP contribution is -2.39. The highest BCUT2D eigenvalue weighted by molar-refractivity contribution is 7.98. The second-order valence-corrected chi connectivity index (χ2v) is 5.88. The second kappa shape index (κ2) is 8.05. The summed E-state index contributed by atoms with van der Waals surface area (Å²) >= 11 is 1.68. The molecule has 0 saturated carbocycles. The van der Waals surface area contributed by atoms with Crippen molar-refractivity contribution in [2.45, 2.75) is 11.4 Å². The topological polar surface area (TPSA) is 61.9 Å². The minimum absolute atomic E-state index is 0.0449. The molecule has 22 heavy (non-hydrogen) atoms. The molecule has 120 valence electrons. The monoisotopic (exact) mass is 323 g/mol. The predicted octanol–water partition coefficient (Wildman–Crippen LogP) is 1.37. The number of ether oxygens (including phenoxy) is 1. The largest absolute Gasteiger partial charge is 0.383 e. The molecule has 1 N–H and O–H groups in total. The average Bonchev–Trinajstić information content (AvgIpc) is 2.92. The zero-order chi connectivity index (χ0) is 15.9. The molecule has 1 aliphatic heterocycles. The molecule has 1 heterocycles. The number of benzene rings is 1. The van der Waals surface area contributed by atoms with Crippen LogP contribution in [0.4, 0.5) is 4.79 Å². The number of hydrogen-bond acceptors (Lipinski definition) is 4. The van der Waals surface area contributed by atoms with Crippen molar-refractivity contribution in [1.82, 2.24) is 15.1 Å². The number of thioether (sulfide) groups is 1. The smallest absolute Gasteiger partial charge is 0.319 e. The van der Waals surface area contributed by atoms with Crippen molar-refractivity contribution >= 4 is 23.7 Å². The van der Waals surface area contributed by atoms with Crippen molar-refractivity contribution < 1.29 is 14.3 Å². The van der Waals surface area contributed by atoms with Crippen LogP contribution in [-0.4, -0.2) is 61.5 Å². The molecule has 3 amide bonds. The first-order valence-corrected chi connectivity index (χ1v) is 8.29. The van der Waals surface area contributed by atoms with E-state index >= 15 is 0 Å². The van der Waals surface area contributed by atoms with Gasteiger partial charge >= 0.3 is 6.03 Å². The number of nitrogens with zero attached hydrogens (tertiary/aromatic N) is 2. The first kappa shape index (κ1) is 16.6. The van der Waals surface area contributed by atoms with Gasteiger partial charge in [-0.05, 0) is 24.0 Å². The molecular weight excluding hydrogens is 302 g/mol. The highest BCUT2D eigenvalue weighted by Gasteiger charge is 2.30. The van der Waals surface area contributed by atoms with Crippen LogP contribution in [0.3, 0.4) is 0 Å². The molecule has 2 rings (SSSR count). The number of nitrogens with one attached hydrogen (secondary N) is 1. The molecule has 7 heteroatoms. The van der Waals surface area contributed by atoms with Crippen molar-refractivity contribution in [1.29, 1.82) is 0 Å². The molecule has 0 aliphatic carbocycles. The second-order valence-electron chi connectivity index (χ2n) is 5.00. The molecule has 0 unspecified atom stereocenters. The quantitative estimate of drug-likeness (QED) is 0.803. The summed E-state index contributed by atoms with van der Waals surface area (Å²) < 4.78 is 4.96. The van der Waals surface area contributed by atoms with Crippen LogP contribution in [0.5, 0.6) is 0 Å². The van der Waals surface area contributed by atoms with Gasteiger partial charge < -0.3 is 15.0 Å². The fourth-order valence-electron chi connectivity index (χ4n) is 2.16. The molecular formula is C15H21N3O3S. The zero-order valence-corrected chi connectivity index (χ0v) is 13.7. The van der Waals surface area contributed by atoms with Gasteiger partial charge in [0.15, 0.2) is 0 Å². The molecule has 1 aromatic rings. The molecule has 1 aliphatic rings. The predicted molar refractivity (Wildman–Crippen MR) is 85.6 cm³/mol. The Labute approximate surface area is 134 Å². The van der Waals surface area contributed by atoms with Gasteiger partial charge in [-0.3, -0.25) is 9.69 Å². The van der Waals surface area contributed by atoms with Gasteiger partial charge in [0, 0.05) is 25.1 Å². The fourth-order valence-corrected chi connectivity index (χ4v) is 2.57. The number of carbonyl (C=O) groups excluding carboxylic acids is 2. The van der Waals surface area contributed by atoms with Gasteiger partial charge in [0.05, 0.1) is 13.3 Å². The summed E-state index contributed by atoms with van der Waals surface area (Å²) in [4.78, 5) is 28.2. The van der Waals surface area contributed by atoms with Crippen molar-refractivity contribution in [2.75, 3.05) is 39.7 Å². The van der Waals surface area contributed by atoms with E-state index in [0.29, 0.717) is 26.4 Å². The van der Waals surface area contributed by atoms with E-state index in [1.807, 2.05) is 30.5 Å². The Bertz CT molecular complexity index is 521. The lowest BCUT2D eigenvalue weighted by atomic mass is 10.2. The highest BCUT2D eigenvalue weighted by atomic mass is 32.2. The van der Waals surface area contributed by atoms with E-state index in [2.05, 4.69) is 5.32 Å². The van der Waals surface area contributed by atoms with E-state index in [9.17, 15) is 9.59 Å². The minimum atomic E-state index is -0.220. The van der Waals surface area contributed by atoms with Gasteiger partial charge in [-0.1, -0.05) is 12.1 Å². The van der Waals surface area contributed by atoms with Crippen LogP contribution in [0.15, 0.2) is 29.2 Å². The number of methoxy groups -OCH3 is 1. The van der Waals surface area contributed by atoms with Crippen molar-refractivity contribution in [2.24, 2.45) is 0 Å². The maximum absolute atomic E-state index is 12.1. The van der Waals surface area contributed by atoms with Gasteiger partial charge in [-0.15, -0.1) is 11.8 Å². The van der Waals surface area contributed by atoms with E-state index in [-0.39, 0.29) is 18.5 Å². The lowest BCUT2D eigenvalue weighted by Gasteiger charge is -2.18. The standard InChI is InChI=1S/C15H21N3O3S/c1-21-8-7-17-11-18(10-14(17)19)15(20)16-9-12-3-5-13(22-2)6-4-12/h3-6H,7-11H2,1-2H3,(H,16,20). The molecule has 0 aromatic heterocycles. The van der Waals surface area contributed by atoms with Gasteiger partial charge in [-0.25, -0.2) is 4.79 Å². The molecule has 0 spiro atoms. The summed E-state index contributed by atoms with van der Waals surface area (Å²) in [5.41, 5.74) is 1.04. The van der Waals surface area contributed by atoms with Gasteiger partial charge in [0.25, 0.3) is 0 Å². The van der Waals surface area contributed by atoms with Gasteiger partial charge in [0.2, 0.25) is 5.91 Å². The molecule has 0 radical (unpaired) electrons. The summed E-state index contributed by atoms with van der Waals surface area (Å²) in [6.07, 6.45) is 2.02. The van der Waals surface area contributed by atoms with Crippen molar-refractivity contribution in [3.05, 3.63) is 29.8 Å². The highest BCUT2D eigenvalue weighted by Crippen LogP contribution is 2.15. The first-order chi connectivity index (χ1) is 10.6. The van der Waals surface area contributed by atoms with Gasteiger partial charge in [-0.2, -0.15) is 0 Å². The van der Waals surface area contributed by atoms with E-state index in [1.165, 1.54) is 9.80 Å². The van der Waals surface area contributed by atoms with Crippen molar-refractivity contribution in [3.8, 4) is 0 Å². The molecule has 1 aromatic carbocycles. The van der Waals surface area contributed by atoms with Crippen LogP contribution >= 0.6 is 11.8 Å². The van der Waals surface area contributed by atoms with Crippen LogP contribution < -0.4 is 5.32 Å². The Hall–Kier alpha value is -1.73.